The molecule has 7 heteroatoms. The van der Waals surface area contributed by atoms with Crippen LogP contribution >= 0.6 is 11.6 Å². The second-order valence-corrected chi connectivity index (χ2v) is 5.52. The Hall–Kier alpha value is -1.55. The number of terminal acetylenes is 1. The van der Waals surface area contributed by atoms with Gasteiger partial charge in [0.2, 0.25) is 10.0 Å². The highest BCUT2D eigenvalue weighted by molar-refractivity contribution is 7.89. The molecule has 96 valence electrons. The molecule has 0 spiro atoms. The van der Waals surface area contributed by atoms with Gasteiger partial charge in [-0.25, -0.2) is 8.42 Å². The number of rotatable bonds is 5. The van der Waals surface area contributed by atoms with Crippen molar-refractivity contribution in [2.45, 2.75) is 17.4 Å². The van der Waals surface area contributed by atoms with E-state index < -0.39 is 22.0 Å². The maximum atomic E-state index is 11.8. The minimum absolute atomic E-state index is 0.0739. The summed E-state index contributed by atoms with van der Waals surface area (Å²) in [6.45, 7) is 0. The first kappa shape index (κ1) is 14.5. The van der Waals surface area contributed by atoms with Crippen LogP contribution in [0.4, 0.5) is 0 Å². The van der Waals surface area contributed by atoms with Crippen molar-refractivity contribution in [1.29, 1.82) is 0 Å². The van der Waals surface area contributed by atoms with E-state index in [0.717, 1.165) is 0 Å². The van der Waals surface area contributed by atoms with Gasteiger partial charge in [-0.2, -0.15) is 4.72 Å². The zero-order valence-corrected chi connectivity index (χ0v) is 10.7. The average molecular weight is 288 g/mol. The monoisotopic (exact) mass is 287 g/mol. The third kappa shape index (κ3) is 3.74. The zero-order chi connectivity index (χ0) is 13.8. The SMILES string of the molecule is C#CCC(NS(=O)(=O)c1ccc(Cl)cc1)C(=O)O. The number of hydrogen-bond donors (Lipinski definition) is 2. The molecule has 1 unspecified atom stereocenters. The molecule has 0 heterocycles. The highest BCUT2D eigenvalue weighted by atomic mass is 35.5. The van der Waals surface area contributed by atoms with Crippen molar-refractivity contribution < 1.29 is 18.3 Å². The number of carboxylic acid groups (broad SMARTS) is 1. The van der Waals surface area contributed by atoms with Crippen LogP contribution in [-0.2, 0) is 14.8 Å². The van der Waals surface area contributed by atoms with Crippen molar-refractivity contribution in [2.24, 2.45) is 0 Å². The van der Waals surface area contributed by atoms with Crippen LogP contribution in [0.5, 0.6) is 0 Å². The summed E-state index contributed by atoms with van der Waals surface area (Å²) in [5, 5.41) is 9.20. The fourth-order valence-corrected chi connectivity index (χ4v) is 2.48. The van der Waals surface area contributed by atoms with Gasteiger partial charge < -0.3 is 5.11 Å². The molecule has 1 rings (SSSR count). The van der Waals surface area contributed by atoms with Gasteiger partial charge in [0.25, 0.3) is 0 Å². The van der Waals surface area contributed by atoms with Gasteiger partial charge in [-0.15, -0.1) is 12.3 Å². The van der Waals surface area contributed by atoms with Crippen LogP contribution < -0.4 is 4.72 Å². The highest BCUT2D eigenvalue weighted by Crippen LogP contribution is 2.14. The predicted molar refractivity (Wildman–Crippen MR) is 66.6 cm³/mol. The molecule has 0 radical (unpaired) electrons. The van der Waals surface area contributed by atoms with Crippen LogP contribution in [-0.4, -0.2) is 25.5 Å². The molecule has 5 nitrogen and oxygen atoms in total. The summed E-state index contributed by atoms with van der Waals surface area (Å²) < 4.78 is 25.7. The Bertz CT molecular complexity index is 574. The van der Waals surface area contributed by atoms with Crippen molar-refractivity contribution in [3.05, 3.63) is 29.3 Å². The molecular weight excluding hydrogens is 278 g/mol. The minimum atomic E-state index is -3.93. The number of aliphatic carboxylic acids is 1. The fraction of sp³-hybridized carbons (Fsp3) is 0.182. The van der Waals surface area contributed by atoms with Crippen molar-refractivity contribution in [3.63, 3.8) is 0 Å². The van der Waals surface area contributed by atoms with E-state index in [2.05, 4.69) is 5.92 Å². The van der Waals surface area contributed by atoms with E-state index in [0.29, 0.717) is 5.02 Å². The molecule has 1 aromatic rings. The second-order valence-electron chi connectivity index (χ2n) is 3.37. The lowest BCUT2D eigenvalue weighted by Crippen LogP contribution is -2.40. The van der Waals surface area contributed by atoms with E-state index in [1.54, 1.807) is 0 Å². The second kappa shape index (κ2) is 5.87. The molecule has 0 aliphatic carbocycles. The molecule has 0 amide bonds. The van der Waals surface area contributed by atoms with Gasteiger partial charge in [0.15, 0.2) is 0 Å². The van der Waals surface area contributed by atoms with Crippen molar-refractivity contribution in [2.75, 3.05) is 0 Å². The van der Waals surface area contributed by atoms with E-state index in [1.165, 1.54) is 24.3 Å². The van der Waals surface area contributed by atoms with E-state index in [1.807, 2.05) is 4.72 Å². The maximum Gasteiger partial charge on any atom is 0.322 e. The molecule has 2 N–H and O–H groups in total. The third-order valence-electron chi connectivity index (χ3n) is 2.04. The highest BCUT2D eigenvalue weighted by Gasteiger charge is 2.24. The zero-order valence-electron chi connectivity index (χ0n) is 9.13. The summed E-state index contributed by atoms with van der Waals surface area (Å²) in [6, 6.07) is 4.00. The minimum Gasteiger partial charge on any atom is -0.480 e. The summed E-state index contributed by atoms with van der Waals surface area (Å²) in [4.78, 5) is 10.7. The Morgan fingerprint density at radius 1 is 1.44 bits per heavy atom. The normalized spacial score (nSPS) is 12.7. The summed E-state index contributed by atoms with van der Waals surface area (Å²) >= 11 is 5.63. The molecule has 0 fully saturated rings. The number of benzene rings is 1. The van der Waals surface area contributed by atoms with Gasteiger partial charge in [-0.1, -0.05) is 11.6 Å². The first-order valence-electron chi connectivity index (χ1n) is 4.81. The van der Waals surface area contributed by atoms with Gasteiger partial charge in [-0.05, 0) is 24.3 Å². The third-order valence-corrected chi connectivity index (χ3v) is 3.78. The van der Waals surface area contributed by atoms with Gasteiger partial charge in [0, 0.05) is 11.4 Å². The van der Waals surface area contributed by atoms with Crippen LogP contribution in [0.1, 0.15) is 6.42 Å². The number of carboxylic acids is 1. The Balaban J connectivity index is 2.97. The predicted octanol–water partition coefficient (Wildman–Crippen LogP) is 1.09. The molecule has 0 aromatic heterocycles. The summed E-state index contributed by atoms with van der Waals surface area (Å²) in [5.41, 5.74) is 0. The van der Waals surface area contributed by atoms with Crippen LogP contribution in [0.15, 0.2) is 29.2 Å². The topological polar surface area (TPSA) is 83.5 Å². The first-order chi connectivity index (χ1) is 8.36. The number of nitrogens with one attached hydrogen (secondary N) is 1. The number of halogens is 1. The van der Waals surface area contributed by atoms with Crippen LogP contribution in [0, 0.1) is 12.3 Å². The van der Waals surface area contributed by atoms with E-state index in [-0.39, 0.29) is 11.3 Å². The fourth-order valence-electron chi connectivity index (χ4n) is 1.17. The molecular formula is C11H10ClNO4S. The Kier molecular flexibility index (Phi) is 4.73. The van der Waals surface area contributed by atoms with E-state index in [9.17, 15) is 13.2 Å². The molecule has 18 heavy (non-hydrogen) atoms. The number of hydrogen-bond acceptors (Lipinski definition) is 3. The summed E-state index contributed by atoms with van der Waals surface area (Å²) in [6.07, 6.45) is 4.75. The largest absolute Gasteiger partial charge is 0.480 e. The molecule has 0 saturated heterocycles. The smallest absolute Gasteiger partial charge is 0.322 e. The summed E-state index contributed by atoms with van der Waals surface area (Å²) in [7, 11) is -3.93. The number of carbonyl (C=O) groups is 1. The lowest BCUT2D eigenvalue weighted by atomic mass is 10.2. The van der Waals surface area contributed by atoms with E-state index in [4.69, 9.17) is 23.1 Å². The van der Waals surface area contributed by atoms with Crippen molar-refractivity contribution >= 4 is 27.6 Å². The molecule has 0 aliphatic heterocycles. The molecule has 0 bridgehead atoms. The quantitative estimate of drug-likeness (QED) is 0.794. The molecule has 1 aromatic carbocycles. The van der Waals surface area contributed by atoms with Gasteiger partial charge in [0.05, 0.1) is 4.90 Å². The van der Waals surface area contributed by atoms with Gasteiger partial charge >= 0.3 is 5.97 Å². The standard InChI is InChI=1S/C11H10ClNO4S/c1-2-3-10(11(14)15)13-18(16,17)9-6-4-8(12)5-7-9/h1,4-7,10,13H,3H2,(H,14,15). The van der Waals surface area contributed by atoms with Gasteiger partial charge in [0.1, 0.15) is 6.04 Å². The van der Waals surface area contributed by atoms with Crippen molar-refractivity contribution in [3.8, 4) is 12.3 Å². The average Bonchev–Trinajstić information content (AvgIpc) is 2.28. The van der Waals surface area contributed by atoms with Gasteiger partial charge in [-0.3, -0.25) is 4.79 Å². The van der Waals surface area contributed by atoms with Crippen LogP contribution in [0.25, 0.3) is 0 Å². The maximum absolute atomic E-state index is 11.8. The molecule has 0 saturated carbocycles. The first-order valence-corrected chi connectivity index (χ1v) is 6.67. The van der Waals surface area contributed by atoms with Crippen molar-refractivity contribution in [1.82, 2.24) is 4.72 Å². The molecule has 0 aliphatic rings. The van der Waals surface area contributed by atoms with Crippen LogP contribution in [0.2, 0.25) is 5.02 Å². The van der Waals surface area contributed by atoms with E-state index >= 15 is 0 Å². The lowest BCUT2D eigenvalue weighted by Gasteiger charge is -2.12. The Morgan fingerprint density at radius 3 is 2.44 bits per heavy atom. The summed E-state index contributed by atoms with van der Waals surface area (Å²) in [5.74, 6) is 0.775. The lowest BCUT2D eigenvalue weighted by molar-refractivity contribution is -0.138. The number of sulfonamides is 1. The van der Waals surface area contributed by atoms with Crippen LogP contribution in [0.3, 0.4) is 0 Å². The Labute approximate surface area is 110 Å². The molecule has 1 atom stereocenters. The Morgan fingerprint density at radius 2 is 2.00 bits per heavy atom.